The average molecular weight is 586 g/mol. The van der Waals surface area contributed by atoms with E-state index in [1.165, 1.54) is 12.1 Å². The zero-order valence-electron chi connectivity index (χ0n) is 23.3. The number of carbonyl (C=O) groups is 6. The molecule has 1 aromatic rings. The molecule has 14 nitrogen and oxygen atoms in total. The first kappa shape index (κ1) is 32.9. The second kappa shape index (κ2) is 14.4. The van der Waals surface area contributed by atoms with E-state index in [2.05, 4.69) is 5.32 Å². The van der Waals surface area contributed by atoms with Crippen LogP contribution in [0.3, 0.4) is 0 Å². The van der Waals surface area contributed by atoms with E-state index in [1.807, 2.05) is 0 Å². The molecule has 0 aromatic heterocycles. The molecule has 0 radical (unpaired) electrons. The summed E-state index contributed by atoms with van der Waals surface area (Å²) < 4.78 is 51.6. The third-order valence-corrected chi connectivity index (χ3v) is 5.59. The summed E-state index contributed by atoms with van der Waals surface area (Å²) in [7, 11) is 1.02. The maximum atomic E-state index is 13.6. The van der Waals surface area contributed by atoms with E-state index >= 15 is 0 Å². The summed E-state index contributed by atoms with van der Waals surface area (Å²) in [5.74, 6) is -8.29. The number of hydrogen-bond acceptors (Lipinski definition) is 13. The van der Waals surface area contributed by atoms with E-state index < -0.39 is 90.8 Å². The van der Waals surface area contributed by atoms with E-state index in [-0.39, 0.29) is 5.75 Å². The van der Waals surface area contributed by atoms with Crippen LogP contribution in [-0.4, -0.2) is 85.7 Å². The topological polar surface area (TPSA) is 179 Å². The van der Waals surface area contributed by atoms with Gasteiger partial charge >= 0.3 is 35.6 Å². The number of amides is 1. The summed E-state index contributed by atoms with van der Waals surface area (Å²) in [5, 5.41) is 2.54. The van der Waals surface area contributed by atoms with Gasteiger partial charge in [0, 0.05) is 34.6 Å². The van der Waals surface area contributed by atoms with Gasteiger partial charge in [-0.05, 0) is 24.3 Å². The fraction of sp³-hybridized carbons (Fsp3) is 0.538. The number of halogens is 1. The van der Waals surface area contributed by atoms with Crippen molar-refractivity contribution >= 4 is 35.8 Å². The SMILES string of the molecule is COC(=O)C1(Oc2ccc(F)cc2)CC(OC(C)=O)C(NC(C)=O)C([C@H](OC(C)=O)[C@@H](COC(C)=O)OC(C)=O)O1. The second-order valence-corrected chi connectivity index (χ2v) is 8.99. The molecule has 2 rings (SSSR count). The third-order valence-electron chi connectivity index (χ3n) is 5.59. The number of methoxy groups -OCH3 is 1. The normalized spacial score (nSPS) is 23.1. The minimum atomic E-state index is -2.44. The number of benzene rings is 1. The lowest BCUT2D eigenvalue weighted by atomic mass is 9.88. The van der Waals surface area contributed by atoms with Crippen LogP contribution in [0.1, 0.15) is 41.0 Å². The quantitative estimate of drug-likeness (QED) is 0.284. The molecule has 15 heteroatoms. The number of hydrogen-bond donors (Lipinski definition) is 1. The number of carbonyl (C=O) groups excluding carboxylic acids is 6. The molecule has 1 heterocycles. The van der Waals surface area contributed by atoms with Gasteiger partial charge in [0.05, 0.1) is 19.6 Å². The smallest absolute Gasteiger partial charge is 0.379 e. The molecule has 4 unspecified atom stereocenters. The van der Waals surface area contributed by atoms with E-state index in [0.29, 0.717) is 0 Å². The minimum Gasteiger partial charge on any atom is -0.464 e. The zero-order chi connectivity index (χ0) is 30.9. The molecule has 1 aliphatic heterocycles. The molecule has 6 atom stereocenters. The van der Waals surface area contributed by atoms with Crippen LogP contribution in [0.2, 0.25) is 0 Å². The first-order valence-electron chi connectivity index (χ1n) is 12.3. The van der Waals surface area contributed by atoms with Crippen molar-refractivity contribution in [1.29, 1.82) is 0 Å². The van der Waals surface area contributed by atoms with Crippen LogP contribution >= 0.6 is 0 Å². The van der Waals surface area contributed by atoms with Crippen LogP contribution in [0.25, 0.3) is 0 Å². The molecule has 1 fully saturated rings. The van der Waals surface area contributed by atoms with Crippen LogP contribution in [0, 0.1) is 5.82 Å². The van der Waals surface area contributed by atoms with Gasteiger partial charge in [-0.25, -0.2) is 9.18 Å². The third kappa shape index (κ3) is 9.41. The summed E-state index contributed by atoms with van der Waals surface area (Å²) in [6.07, 6.45) is -6.85. The molecule has 0 saturated carbocycles. The van der Waals surface area contributed by atoms with Gasteiger partial charge in [0.1, 0.15) is 30.4 Å². The van der Waals surface area contributed by atoms with Crippen molar-refractivity contribution in [3.05, 3.63) is 30.1 Å². The lowest BCUT2D eigenvalue weighted by Crippen LogP contribution is -2.70. The molecular formula is C26H32FNO13. The van der Waals surface area contributed by atoms with E-state index in [4.69, 9.17) is 33.2 Å². The van der Waals surface area contributed by atoms with Crippen molar-refractivity contribution in [2.45, 2.75) is 77.3 Å². The van der Waals surface area contributed by atoms with Gasteiger partial charge in [0.15, 0.2) is 12.2 Å². The predicted octanol–water partition coefficient (Wildman–Crippen LogP) is 0.726. The average Bonchev–Trinajstić information content (AvgIpc) is 2.86. The number of ether oxygens (including phenoxy) is 7. The number of nitrogens with one attached hydrogen (secondary N) is 1. The molecule has 1 aliphatic rings. The van der Waals surface area contributed by atoms with Gasteiger partial charge in [-0.3, -0.25) is 24.0 Å². The van der Waals surface area contributed by atoms with Crippen molar-refractivity contribution in [2.24, 2.45) is 0 Å². The molecule has 1 amide bonds. The monoisotopic (exact) mass is 585 g/mol. The second-order valence-electron chi connectivity index (χ2n) is 8.99. The first-order chi connectivity index (χ1) is 19.2. The highest BCUT2D eigenvalue weighted by Gasteiger charge is 2.60. The predicted molar refractivity (Wildman–Crippen MR) is 132 cm³/mol. The summed E-state index contributed by atoms with van der Waals surface area (Å²) in [4.78, 5) is 73.4. The van der Waals surface area contributed by atoms with Crippen LogP contribution < -0.4 is 10.1 Å². The van der Waals surface area contributed by atoms with Crippen molar-refractivity contribution in [3.63, 3.8) is 0 Å². The Morgan fingerprint density at radius 1 is 0.951 bits per heavy atom. The molecule has 1 saturated heterocycles. The fourth-order valence-electron chi connectivity index (χ4n) is 4.20. The Morgan fingerprint density at radius 2 is 1.56 bits per heavy atom. The molecule has 1 N–H and O–H groups in total. The minimum absolute atomic E-state index is 0.0735. The molecule has 1 aromatic carbocycles. The molecule has 226 valence electrons. The van der Waals surface area contributed by atoms with Gasteiger partial charge < -0.3 is 38.5 Å². The summed E-state index contributed by atoms with van der Waals surface area (Å²) in [5.41, 5.74) is 0. The lowest BCUT2D eigenvalue weighted by Gasteiger charge is -2.48. The highest BCUT2D eigenvalue weighted by molar-refractivity contribution is 5.79. The number of rotatable bonds is 11. The van der Waals surface area contributed by atoms with Crippen LogP contribution in [0.5, 0.6) is 5.75 Å². The molecule has 0 aliphatic carbocycles. The first-order valence-corrected chi connectivity index (χ1v) is 12.3. The molecule has 0 bridgehead atoms. The number of esters is 5. The Kier molecular flexibility index (Phi) is 11.6. The van der Waals surface area contributed by atoms with Gasteiger partial charge in [-0.2, -0.15) is 0 Å². The Labute approximate surface area is 234 Å². The van der Waals surface area contributed by atoms with Crippen molar-refractivity contribution in [1.82, 2.24) is 5.32 Å². The summed E-state index contributed by atoms with van der Waals surface area (Å²) in [6, 6.07) is 3.12. The van der Waals surface area contributed by atoms with E-state index in [0.717, 1.165) is 53.9 Å². The Hall–Kier alpha value is -4.27. The van der Waals surface area contributed by atoms with Crippen molar-refractivity contribution < 1.29 is 66.3 Å². The summed E-state index contributed by atoms with van der Waals surface area (Å²) >= 11 is 0. The van der Waals surface area contributed by atoms with Gasteiger partial charge in [-0.15, -0.1) is 0 Å². The maximum absolute atomic E-state index is 13.6. The maximum Gasteiger partial charge on any atom is 0.379 e. The highest BCUT2D eigenvalue weighted by atomic mass is 19.1. The molecule has 0 spiro atoms. The Bertz CT molecular complexity index is 1140. The largest absolute Gasteiger partial charge is 0.464 e. The fourth-order valence-corrected chi connectivity index (χ4v) is 4.20. The standard InChI is InChI=1S/C26H32FNO13/c1-13(29)28-22-20(37-15(3)31)11-26(25(34)35-6,40-19-9-7-18(27)8-10-19)41-24(22)23(39-17(5)33)21(38-16(4)32)12-36-14(2)30/h7-10,20-24H,11-12H2,1-6H3,(H,28,29)/t20?,21-,22?,23-,24?,26?/m1/s1. The van der Waals surface area contributed by atoms with Crippen molar-refractivity contribution in [2.75, 3.05) is 13.7 Å². The highest BCUT2D eigenvalue weighted by Crippen LogP contribution is 2.37. The van der Waals surface area contributed by atoms with Crippen molar-refractivity contribution in [3.8, 4) is 5.75 Å². The van der Waals surface area contributed by atoms with Crippen LogP contribution in [0.15, 0.2) is 24.3 Å². The zero-order valence-corrected chi connectivity index (χ0v) is 23.3. The molecule has 41 heavy (non-hydrogen) atoms. The van der Waals surface area contributed by atoms with Gasteiger partial charge in [0.2, 0.25) is 5.91 Å². The summed E-state index contributed by atoms with van der Waals surface area (Å²) in [6.45, 7) is 4.72. The Morgan fingerprint density at radius 3 is 2.05 bits per heavy atom. The van der Waals surface area contributed by atoms with E-state index in [1.54, 1.807) is 0 Å². The van der Waals surface area contributed by atoms with Gasteiger partial charge in [0.25, 0.3) is 0 Å². The van der Waals surface area contributed by atoms with Crippen LogP contribution in [-0.2, 0) is 57.2 Å². The Balaban J connectivity index is 2.77. The lowest BCUT2D eigenvalue weighted by molar-refractivity contribution is -0.289. The van der Waals surface area contributed by atoms with E-state index in [9.17, 15) is 33.2 Å². The van der Waals surface area contributed by atoms with Gasteiger partial charge in [-0.1, -0.05) is 0 Å². The van der Waals surface area contributed by atoms with Crippen LogP contribution in [0.4, 0.5) is 4.39 Å². The molecular weight excluding hydrogens is 553 g/mol.